The summed E-state index contributed by atoms with van der Waals surface area (Å²) in [6.07, 6.45) is 0. The molecule has 0 aliphatic carbocycles. The summed E-state index contributed by atoms with van der Waals surface area (Å²) in [6.45, 7) is 1.44. The third kappa shape index (κ3) is 4.15. The number of Topliss-reactive ketones (excluding diaryl/α,β-unsaturated/α-hetero) is 1. The molecule has 0 fully saturated rings. The van der Waals surface area contributed by atoms with Crippen molar-refractivity contribution in [3.8, 4) is 0 Å². The number of hydrogen-bond acceptors (Lipinski definition) is 3. The average Bonchev–Trinajstić information content (AvgIpc) is 2.48. The number of benzene rings is 2. The van der Waals surface area contributed by atoms with Gasteiger partial charge in [0, 0.05) is 16.9 Å². The molecule has 2 aromatic carbocycles. The van der Waals surface area contributed by atoms with Gasteiger partial charge in [-0.3, -0.25) is 4.79 Å². The van der Waals surface area contributed by atoms with Crippen molar-refractivity contribution in [2.24, 2.45) is 0 Å². The van der Waals surface area contributed by atoms with E-state index < -0.39 is 6.03 Å². The van der Waals surface area contributed by atoms with Gasteiger partial charge in [-0.25, -0.2) is 4.79 Å². The number of amides is 2. The predicted octanol–water partition coefficient (Wildman–Crippen LogP) is 3.03. The van der Waals surface area contributed by atoms with Crippen LogP contribution in [-0.2, 0) is 6.61 Å². The highest BCUT2D eigenvalue weighted by molar-refractivity contribution is 6.01. The molecule has 0 aromatic heterocycles. The number of carbonyl (C=O) groups is 2. The minimum Gasteiger partial charge on any atom is -0.392 e. The van der Waals surface area contributed by atoms with Crippen molar-refractivity contribution in [1.29, 1.82) is 0 Å². The van der Waals surface area contributed by atoms with E-state index in [0.29, 0.717) is 16.9 Å². The van der Waals surface area contributed by atoms with Crippen LogP contribution < -0.4 is 10.6 Å². The smallest absolute Gasteiger partial charge is 0.323 e. The van der Waals surface area contributed by atoms with Gasteiger partial charge in [-0.1, -0.05) is 24.3 Å². The largest absolute Gasteiger partial charge is 0.392 e. The second kappa shape index (κ2) is 6.67. The van der Waals surface area contributed by atoms with Crippen molar-refractivity contribution in [1.82, 2.24) is 0 Å². The van der Waals surface area contributed by atoms with Crippen LogP contribution in [0, 0.1) is 0 Å². The number of ketones is 1. The molecule has 2 rings (SSSR count). The summed E-state index contributed by atoms with van der Waals surface area (Å²) in [5.74, 6) is -0.0568. The minimum absolute atomic E-state index is 0.0374. The number of anilines is 2. The zero-order valence-corrected chi connectivity index (χ0v) is 11.6. The van der Waals surface area contributed by atoms with E-state index in [9.17, 15) is 9.59 Å². The number of hydrogen-bond donors (Lipinski definition) is 3. The van der Waals surface area contributed by atoms with Crippen LogP contribution in [0.15, 0.2) is 48.5 Å². The third-order valence-corrected chi connectivity index (χ3v) is 2.92. The normalized spacial score (nSPS) is 10.0. The fourth-order valence-electron chi connectivity index (χ4n) is 1.80. The number of nitrogens with one attached hydrogen (secondary N) is 2. The highest BCUT2D eigenvalue weighted by atomic mass is 16.3. The van der Waals surface area contributed by atoms with Gasteiger partial charge in [0.2, 0.25) is 0 Å². The molecule has 0 unspecified atom stereocenters. The Morgan fingerprint density at radius 1 is 1.00 bits per heavy atom. The second-order valence-electron chi connectivity index (χ2n) is 4.57. The second-order valence-corrected chi connectivity index (χ2v) is 4.57. The lowest BCUT2D eigenvalue weighted by molar-refractivity contribution is 0.101. The Morgan fingerprint density at radius 3 is 2.29 bits per heavy atom. The van der Waals surface area contributed by atoms with E-state index in [1.54, 1.807) is 48.5 Å². The van der Waals surface area contributed by atoms with Crippen molar-refractivity contribution in [3.63, 3.8) is 0 Å². The van der Waals surface area contributed by atoms with Crippen molar-refractivity contribution in [2.45, 2.75) is 13.5 Å². The number of urea groups is 1. The molecule has 5 nitrogen and oxygen atoms in total. The first-order valence-electron chi connectivity index (χ1n) is 6.47. The van der Waals surface area contributed by atoms with E-state index in [0.717, 1.165) is 5.56 Å². The zero-order valence-electron chi connectivity index (χ0n) is 11.6. The lowest BCUT2D eigenvalue weighted by Gasteiger charge is -2.08. The molecule has 0 saturated heterocycles. The highest BCUT2D eigenvalue weighted by Gasteiger charge is 2.05. The number of carbonyl (C=O) groups excluding carboxylic acids is 2. The van der Waals surface area contributed by atoms with Gasteiger partial charge in [0.25, 0.3) is 0 Å². The summed E-state index contributed by atoms with van der Waals surface area (Å²) in [7, 11) is 0. The molecule has 2 aromatic rings. The molecule has 0 aliphatic heterocycles. The Morgan fingerprint density at radius 2 is 1.67 bits per heavy atom. The molecule has 5 heteroatoms. The number of aliphatic hydroxyl groups is 1. The van der Waals surface area contributed by atoms with E-state index in [1.807, 2.05) is 0 Å². The van der Waals surface area contributed by atoms with Crippen LogP contribution in [0.25, 0.3) is 0 Å². The van der Waals surface area contributed by atoms with Gasteiger partial charge in [-0.05, 0) is 36.8 Å². The number of rotatable bonds is 4. The molecular weight excluding hydrogens is 268 g/mol. The van der Waals surface area contributed by atoms with Crippen molar-refractivity contribution < 1.29 is 14.7 Å². The summed E-state index contributed by atoms with van der Waals surface area (Å²) >= 11 is 0. The first-order valence-corrected chi connectivity index (χ1v) is 6.47. The molecule has 3 N–H and O–H groups in total. The summed E-state index contributed by atoms with van der Waals surface area (Å²) in [4.78, 5) is 23.1. The van der Waals surface area contributed by atoms with Gasteiger partial charge in [0.1, 0.15) is 0 Å². The van der Waals surface area contributed by atoms with E-state index >= 15 is 0 Å². The Balaban J connectivity index is 2.00. The molecular formula is C16H16N2O3. The topological polar surface area (TPSA) is 78.4 Å². The van der Waals surface area contributed by atoms with Gasteiger partial charge < -0.3 is 15.7 Å². The van der Waals surface area contributed by atoms with Crippen LogP contribution in [0.5, 0.6) is 0 Å². The van der Waals surface area contributed by atoms with Gasteiger partial charge in [-0.2, -0.15) is 0 Å². The maximum Gasteiger partial charge on any atom is 0.323 e. The standard InChI is InChI=1S/C16H16N2O3/c1-11(20)13-3-2-4-15(9-13)18-16(21)17-14-7-5-12(10-19)6-8-14/h2-9,19H,10H2,1H3,(H2,17,18,21). The average molecular weight is 284 g/mol. The van der Waals surface area contributed by atoms with Crippen molar-refractivity contribution in [3.05, 3.63) is 59.7 Å². The van der Waals surface area contributed by atoms with Crippen LogP contribution in [-0.4, -0.2) is 16.9 Å². The van der Waals surface area contributed by atoms with E-state index in [1.165, 1.54) is 6.92 Å². The van der Waals surface area contributed by atoms with E-state index in [2.05, 4.69) is 10.6 Å². The lowest BCUT2D eigenvalue weighted by atomic mass is 10.1. The Labute approximate surface area is 122 Å². The Kier molecular flexibility index (Phi) is 4.68. The van der Waals surface area contributed by atoms with E-state index in [-0.39, 0.29) is 12.4 Å². The fourth-order valence-corrected chi connectivity index (χ4v) is 1.80. The molecule has 21 heavy (non-hydrogen) atoms. The molecule has 2 amide bonds. The first kappa shape index (κ1) is 14.7. The molecule has 0 heterocycles. The Bertz CT molecular complexity index is 651. The molecule has 0 bridgehead atoms. The first-order chi connectivity index (χ1) is 10.1. The molecule has 108 valence electrons. The van der Waals surface area contributed by atoms with Crippen LogP contribution in [0.3, 0.4) is 0 Å². The van der Waals surface area contributed by atoms with Crippen LogP contribution in [0.2, 0.25) is 0 Å². The summed E-state index contributed by atoms with van der Waals surface area (Å²) in [6, 6.07) is 13.2. The predicted molar refractivity (Wildman–Crippen MR) is 81.5 cm³/mol. The van der Waals surface area contributed by atoms with Crippen LogP contribution in [0.4, 0.5) is 16.2 Å². The highest BCUT2D eigenvalue weighted by Crippen LogP contribution is 2.13. The van der Waals surface area contributed by atoms with E-state index in [4.69, 9.17) is 5.11 Å². The number of aliphatic hydroxyl groups excluding tert-OH is 1. The molecule has 0 atom stereocenters. The quantitative estimate of drug-likeness (QED) is 0.755. The summed E-state index contributed by atoms with van der Waals surface area (Å²) in [5.41, 5.74) is 2.48. The van der Waals surface area contributed by atoms with Crippen molar-refractivity contribution in [2.75, 3.05) is 10.6 Å². The molecule has 0 radical (unpaired) electrons. The third-order valence-electron chi connectivity index (χ3n) is 2.92. The van der Waals surface area contributed by atoms with Gasteiger partial charge >= 0.3 is 6.03 Å². The molecule has 0 aliphatic rings. The lowest BCUT2D eigenvalue weighted by Crippen LogP contribution is -2.19. The fraction of sp³-hybridized carbons (Fsp3) is 0.125. The van der Waals surface area contributed by atoms with Gasteiger partial charge in [0.05, 0.1) is 6.61 Å². The monoisotopic (exact) mass is 284 g/mol. The summed E-state index contributed by atoms with van der Waals surface area (Å²) < 4.78 is 0. The maximum atomic E-state index is 11.9. The van der Waals surface area contributed by atoms with Crippen LogP contribution >= 0.6 is 0 Å². The van der Waals surface area contributed by atoms with Crippen LogP contribution in [0.1, 0.15) is 22.8 Å². The summed E-state index contributed by atoms with van der Waals surface area (Å²) in [5, 5.41) is 14.3. The SMILES string of the molecule is CC(=O)c1cccc(NC(=O)Nc2ccc(CO)cc2)c1. The molecule has 0 saturated carbocycles. The van der Waals surface area contributed by atoms with Gasteiger partial charge in [0.15, 0.2) is 5.78 Å². The maximum absolute atomic E-state index is 11.9. The Hall–Kier alpha value is -2.66. The zero-order chi connectivity index (χ0) is 15.2. The van der Waals surface area contributed by atoms with Gasteiger partial charge in [-0.15, -0.1) is 0 Å². The minimum atomic E-state index is -0.396. The molecule has 0 spiro atoms. The van der Waals surface area contributed by atoms with Crippen molar-refractivity contribution >= 4 is 23.2 Å².